The lowest BCUT2D eigenvalue weighted by Gasteiger charge is -2.16. The predicted molar refractivity (Wildman–Crippen MR) is 115 cm³/mol. The third-order valence-corrected chi connectivity index (χ3v) is 4.05. The standard InChI is InChI=1S/C21H33N3S/c1-6-19(13-14-22-15-16-24(5)17-18(2)25)7-8-20-9-11-21(12-10-20)23(3)4/h6-14,18,22,25H,15-17H2,1-5H3/p+1/b8-7+,14-13-,19-6-. The van der Waals surface area contributed by atoms with Crippen LogP contribution in [0.5, 0.6) is 0 Å². The normalized spacial score (nSPS) is 14.0. The van der Waals surface area contributed by atoms with Crippen molar-refractivity contribution >= 4 is 24.4 Å². The van der Waals surface area contributed by atoms with Crippen LogP contribution in [0.2, 0.25) is 0 Å². The zero-order chi connectivity index (χ0) is 18.7. The number of likely N-dealkylation sites (N-methyl/N-ethyl adjacent to an activating group) is 1. The maximum absolute atomic E-state index is 4.43. The van der Waals surface area contributed by atoms with Gasteiger partial charge in [0.1, 0.15) is 0 Å². The minimum atomic E-state index is 0.423. The Morgan fingerprint density at radius 3 is 2.40 bits per heavy atom. The van der Waals surface area contributed by atoms with Crippen molar-refractivity contribution in [1.82, 2.24) is 4.90 Å². The van der Waals surface area contributed by atoms with Crippen LogP contribution < -0.4 is 10.2 Å². The van der Waals surface area contributed by atoms with Crippen molar-refractivity contribution < 1.29 is 5.32 Å². The molecule has 0 spiro atoms. The fourth-order valence-electron chi connectivity index (χ4n) is 2.44. The average molecular weight is 361 g/mol. The molecule has 0 aromatic heterocycles. The Morgan fingerprint density at radius 2 is 1.84 bits per heavy atom. The van der Waals surface area contributed by atoms with Gasteiger partial charge in [0.2, 0.25) is 0 Å². The molecule has 0 bridgehead atoms. The largest absolute Gasteiger partial charge is 0.378 e. The molecule has 0 aliphatic carbocycles. The maximum Gasteiger partial charge on any atom is 0.0931 e. The first-order chi connectivity index (χ1) is 11.9. The lowest BCUT2D eigenvalue weighted by atomic mass is 10.1. The lowest BCUT2D eigenvalue weighted by Crippen LogP contribution is -2.79. The molecule has 0 saturated carbocycles. The van der Waals surface area contributed by atoms with Gasteiger partial charge in [0.05, 0.1) is 12.7 Å². The Hall–Kier alpha value is -1.49. The van der Waals surface area contributed by atoms with E-state index in [1.807, 2.05) is 0 Å². The molecule has 25 heavy (non-hydrogen) atoms. The fraction of sp³-hybridized carbons (Fsp3) is 0.429. The number of nitrogens with two attached hydrogens (primary N) is 1. The zero-order valence-corrected chi connectivity index (χ0v) is 17.2. The summed E-state index contributed by atoms with van der Waals surface area (Å²) < 4.78 is 0. The monoisotopic (exact) mass is 360 g/mol. The minimum absolute atomic E-state index is 0.423. The molecule has 1 atom stereocenters. The summed E-state index contributed by atoms with van der Waals surface area (Å²) >= 11 is 4.43. The van der Waals surface area contributed by atoms with Gasteiger partial charge in [0.15, 0.2) is 0 Å². The Morgan fingerprint density at radius 1 is 1.16 bits per heavy atom. The van der Waals surface area contributed by atoms with Crippen molar-refractivity contribution in [1.29, 1.82) is 0 Å². The summed E-state index contributed by atoms with van der Waals surface area (Å²) in [6.45, 7) is 7.34. The van der Waals surface area contributed by atoms with Crippen LogP contribution in [0.1, 0.15) is 19.4 Å². The number of anilines is 1. The Labute approximate surface area is 159 Å². The number of hydrogen-bond donors (Lipinski definition) is 2. The number of allylic oxidation sites excluding steroid dienone is 4. The van der Waals surface area contributed by atoms with Gasteiger partial charge >= 0.3 is 0 Å². The summed E-state index contributed by atoms with van der Waals surface area (Å²) in [5.41, 5.74) is 3.64. The minimum Gasteiger partial charge on any atom is -0.378 e. The topological polar surface area (TPSA) is 23.1 Å². The van der Waals surface area contributed by atoms with Crippen LogP contribution in [0.25, 0.3) is 6.08 Å². The molecule has 0 aliphatic rings. The molecule has 138 valence electrons. The highest BCUT2D eigenvalue weighted by molar-refractivity contribution is 7.80. The van der Waals surface area contributed by atoms with Crippen molar-refractivity contribution in [3.63, 3.8) is 0 Å². The molecule has 1 aromatic carbocycles. The summed E-state index contributed by atoms with van der Waals surface area (Å²) in [4.78, 5) is 4.42. The van der Waals surface area contributed by atoms with E-state index in [1.54, 1.807) is 0 Å². The Bertz CT molecular complexity index is 571. The second-order valence-electron chi connectivity index (χ2n) is 6.60. The van der Waals surface area contributed by atoms with E-state index in [9.17, 15) is 0 Å². The van der Waals surface area contributed by atoms with Crippen molar-refractivity contribution in [2.24, 2.45) is 0 Å². The number of benzene rings is 1. The van der Waals surface area contributed by atoms with Gasteiger partial charge in [-0.1, -0.05) is 37.3 Å². The third-order valence-electron chi connectivity index (χ3n) is 3.89. The van der Waals surface area contributed by atoms with Crippen molar-refractivity contribution in [2.45, 2.75) is 19.1 Å². The second kappa shape index (κ2) is 12.0. The number of nitrogens with zero attached hydrogens (tertiary/aromatic N) is 2. The molecular weight excluding hydrogens is 326 g/mol. The molecule has 3 nitrogen and oxygen atoms in total. The first kappa shape index (κ1) is 21.6. The zero-order valence-electron chi connectivity index (χ0n) is 16.3. The van der Waals surface area contributed by atoms with Crippen molar-refractivity contribution in [2.75, 3.05) is 45.7 Å². The highest BCUT2D eigenvalue weighted by atomic mass is 32.1. The van der Waals surface area contributed by atoms with Gasteiger partial charge in [0.25, 0.3) is 0 Å². The SMILES string of the molecule is C/C=C(\C=C/[NH2+]CCN(C)CC(C)S)/C=C/c1ccc(N(C)C)cc1. The van der Waals surface area contributed by atoms with E-state index in [0.29, 0.717) is 5.25 Å². The van der Waals surface area contributed by atoms with Crippen LogP contribution in [0.3, 0.4) is 0 Å². The van der Waals surface area contributed by atoms with Gasteiger partial charge in [-0.05, 0) is 43.3 Å². The summed E-state index contributed by atoms with van der Waals surface area (Å²) in [7, 11) is 6.26. The van der Waals surface area contributed by atoms with Crippen LogP contribution in [-0.4, -0.2) is 50.9 Å². The van der Waals surface area contributed by atoms with Gasteiger partial charge in [-0.2, -0.15) is 12.6 Å². The molecular formula is C21H34N3S+. The van der Waals surface area contributed by atoms with Crippen molar-refractivity contribution in [3.8, 4) is 0 Å². The third kappa shape index (κ3) is 9.54. The predicted octanol–water partition coefficient (Wildman–Crippen LogP) is 3.04. The molecule has 1 unspecified atom stereocenters. The van der Waals surface area contributed by atoms with E-state index in [1.165, 1.54) is 16.8 Å². The quantitative estimate of drug-likeness (QED) is 0.381. The van der Waals surface area contributed by atoms with E-state index in [0.717, 1.165) is 19.6 Å². The molecule has 1 aromatic rings. The molecule has 0 amide bonds. The molecule has 0 saturated heterocycles. The highest BCUT2D eigenvalue weighted by Crippen LogP contribution is 2.14. The van der Waals surface area contributed by atoms with Crippen LogP contribution >= 0.6 is 12.6 Å². The number of quaternary nitrogens is 1. The van der Waals surface area contributed by atoms with Crippen LogP contribution in [-0.2, 0) is 0 Å². The molecule has 2 N–H and O–H groups in total. The Kier molecular flexibility index (Phi) is 10.3. The summed E-state index contributed by atoms with van der Waals surface area (Å²) in [6.07, 6.45) is 10.7. The molecule has 4 heteroatoms. The first-order valence-electron chi connectivity index (χ1n) is 8.90. The molecule has 0 fully saturated rings. The van der Waals surface area contributed by atoms with Crippen LogP contribution in [0.15, 0.2) is 54.3 Å². The van der Waals surface area contributed by atoms with Gasteiger partial charge in [-0.15, -0.1) is 0 Å². The van der Waals surface area contributed by atoms with E-state index in [2.05, 4.69) is 118 Å². The summed E-state index contributed by atoms with van der Waals surface area (Å²) in [6, 6.07) is 8.57. The second-order valence-corrected chi connectivity index (χ2v) is 7.48. The summed E-state index contributed by atoms with van der Waals surface area (Å²) in [5.74, 6) is 0. The van der Waals surface area contributed by atoms with Gasteiger partial charge in [0, 0.05) is 38.1 Å². The number of thiol groups is 1. The van der Waals surface area contributed by atoms with E-state index < -0.39 is 0 Å². The lowest BCUT2D eigenvalue weighted by molar-refractivity contribution is -0.587. The van der Waals surface area contributed by atoms with Crippen molar-refractivity contribution in [3.05, 3.63) is 59.8 Å². The van der Waals surface area contributed by atoms with Crippen LogP contribution in [0, 0.1) is 0 Å². The molecule has 1 rings (SSSR count). The molecule has 0 aliphatic heterocycles. The highest BCUT2D eigenvalue weighted by Gasteiger charge is 2.01. The number of hydrogen-bond acceptors (Lipinski definition) is 3. The van der Waals surface area contributed by atoms with E-state index in [-0.39, 0.29) is 0 Å². The van der Waals surface area contributed by atoms with Gasteiger partial charge in [-0.3, -0.25) is 4.90 Å². The Balaban J connectivity index is 2.43. The van der Waals surface area contributed by atoms with E-state index in [4.69, 9.17) is 0 Å². The summed E-state index contributed by atoms with van der Waals surface area (Å²) in [5, 5.41) is 2.65. The number of rotatable bonds is 10. The average Bonchev–Trinajstić information content (AvgIpc) is 2.57. The smallest absolute Gasteiger partial charge is 0.0931 e. The first-order valence-corrected chi connectivity index (χ1v) is 9.42. The molecule has 0 radical (unpaired) electrons. The van der Waals surface area contributed by atoms with Crippen LogP contribution in [0.4, 0.5) is 5.69 Å². The fourth-order valence-corrected chi connectivity index (χ4v) is 2.72. The maximum atomic E-state index is 4.43. The van der Waals surface area contributed by atoms with E-state index >= 15 is 0 Å². The van der Waals surface area contributed by atoms with Gasteiger partial charge < -0.3 is 10.2 Å². The van der Waals surface area contributed by atoms with Gasteiger partial charge in [-0.25, -0.2) is 0 Å². The molecule has 0 heterocycles.